The highest BCUT2D eigenvalue weighted by molar-refractivity contribution is 9.10. The van der Waals surface area contributed by atoms with Gasteiger partial charge in [0.15, 0.2) is 23.9 Å². The molecule has 0 aliphatic heterocycles. The molecule has 22 heavy (non-hydrogen) atoms. The molecule has 0 spiro atoms. The summed E-state index contributed by atoms with van der Waals surface area (Å²) >= 11 is 3.42. The lowest BCUT2D eigenvalue weighted by Gasteiger charge is -2.10. The smallest absolute Gasteiger partial charge is 0.200 e. The van der Waals surface area contributed by atoms with Crippen molar-refractivity contribution in [1.29, 1.82) is 0 Å². The molecule has 0 heterocycles. The van der Waals surface area contributed by atoms with Crippen LogP contribution in [0.5, 0.6) is 17.2 Å². The third-order valence-electron chi connectivity index (χ3n) is 3.15. The summed E-state index contributed by atoms with van der Waals surface area (Å²) in [6.07, 6.45) is 0. The maximum atomic E-state index is 12.2. The zero-order valence-electron chi connectivity index (χ0n) is 12.7. The van der Waals surface area contributed by atoms with Crippen molar-refractivity contribution in [2.24, 2.45) is 0 Å². The number of Topliss-reactive ketones (excluding diaryl/α,β-unsaturated/α-hetero) is 1. The second-order valence-corrected chi connectivity index (χ2v) is 5.57. The average Bonchev–Trinajstić information content (AvgIpc) is 2.53. The molecule has 0 fully saturated rings. The number of hydrogen-bond acceptors (Lipinski definition) is 4. The van der Waals surface area contributed by atoms with Gasteiger partial charge in [-0.3, -0.25) is 4.79 Å². The van der Waals surface area contributed by atoms with E-state index in [1.54, 1.807) is 25.3 Å². The summed E-state index contributed by atoms with van der Waals surface area (Å²) < 4.78 is 16.7. The minimum atomic E-state index is -0.131. The fourth-order valence-electron chi connectivity index (χ4n) is 1.96. The second kappa shape index (κ2) is 7.31. The number of aryl methyl sites for hydroxylation is 1. The molecule has 2 aromatic carbocycles. The quantitative estimate of drug-likeness (QED) is 0.725. The van der Waals surface area contributed by atoms with E-state index in [-0.39, 0.29) is 12.4 Å². The van der Waals surface area contributed by atoms with Gasteiger partial charge in [-0.05, 0) is 58.7 Å². The zero-order chi connectivity index (χ0) is 16.1. The van der Waals surface area contributed by atoms with E-state index in [1.807, 2.05) is 25.1 Å². The highest BCUT2D eigenvalue weighted by Gasteiger charge is 2.12. The van der Waals surface area contributed by atoms with Gasteiger partial charge in [0, 0.05) is 5.56 Å². The number of carbonyl (C=O) groups is 1. The van der Waals surface area contributed by atoms with Gasteiger partial charge in [-0.25, -0.2) is 0 Å². The molecule has 0 atom stereocenters. The lowest BCUT2D eigenvalue weighted by molar-refractivity contribution is 0.0920. The standard InChI is InChI=1S/C17H17BrO4/c1-11-4-6-15(13(18)8-11)22-10-14(19)12-5-7-16(20-2)17(9-12)21-3/h4-9H,10H2,1-3H3. The summed E-state index contributed by atoms with van der Waals surface area (Å²) in [5.74, 6) is 1.61. The minimum absolute atomic E-state index is 0.0445. The Morgan fingerprint density at radius 3 is 2.32 bits per heavy atom. The number of ether oxygens (including phenoxy) is 3. The van der Waals surface area contributed by atoms with Crippen LogP contribution in [-0.2, 0) is 0 Å². The van der Waals surface area contributed by atoms with Crippen LogP contribution in [-0.4, -0.2) is 26.6 Å². The largest absolute Gasteiger partial charge is 0.493 e. The van der Waals surface area contributed by atoms with Crippen LogP contribution < -0.4 is 14.2 Å². The van der Waals surface area contributed by atoms with Crippen LogP contribution >= 0.6 is 15.9 Å². The number of methoxy groups -OCH3 is 2. The maximum absolute atomic E-state index is 12.2. The van der Waals surface area contributed by atoms with E-state index >= 15 is 0 Å². The van der Waals surface area contributed by atoms with E-state index in [9.17, 15) is 4.79 Å². The van der Waals surface area contributed by atoms with E-state index in [0.29, 0.717) is 22.8 Å². The Balaban J connectivity index is 2.09. The van der Waals surface area contributed by atoms with Gasteiger partial charge < -0.3 is 14.2 Å². The van der Waals surface area contributed by atoms with Crippen molar-refractivity contribution in [3.8, 4) is 17.2 Å². The van der Waals surface area contributed by atoms with Gasteiger partial charge in [0.05, 0.1) is 18.7 Å². The van der Waals surface area contributed by atoms with Crippen LogP contribution in [0.15, 0.2) is 40.9 Å². The molecule has 0 aliphatic rings. The first-order chi connectivity index (χ1) is 10.5. The van der Waals surface area contributed by atoms with Crippen molar-refractivity contribution in [2.45, 2.75) is 6.92 Å². The van der Waals surface area contributed by atoms with Crippen molar-refractivity contribution in [3.63, 3.8) is 0 Å². The Hall–Kier alpha value is -2.01. The van der Waals surface area contributed by atoms with Gasteiger partial charge in [-0.2, -0.15) is 0 Å². The van der Waals surface area contributed by atoms with E-state index in [2.05, 4.69) is 15.9 Å². The van der Waals surface area contributed by atoms with Crippen LogP contribution in [0.25, 0.3) is 0 Å². The van der Waals surface area contributed by atoms with Gasteiger partial charge >= 0.3 is 0 Å². The van der Waals surface area contributed by atoms with Crippen LogP contribution in [0.3, 0.4) is 0 Å². The topological polar surface area (TPSA) is 44.8 Å². The number of rotatable bonds is 6. The molecule has 2 aromatic rings. The number of carbonyl (C=O) groups excluding carboxylic acids is 1. The lowest BCUT2D eigenvalue weighted by atomic mass is 10.1. The van der Waals surface area contributed by atoms with E-state index in [1.165, 1.54) is 7.11 Å². The van der Waals surface area contributed by atoms with E-state index in [0.717, 1.165) is 10.0 Å². The Kier molecular flexibility index (Phi) is 5.44. The molecule has 0 unspecified atom stereocenters. The molecule has 0 aromatic heterocycles. The Morgan fingerprint density at radius 2 is 1.68 bits per heavy atom. The number of ketones is 1. The second-order valence-electron chi connectivity index (χ2n) is 4.72. The predicted molar refractivity (Wildman–Crippen MR) is 88.3 cm³/mol. The molecule has 4 nitrogen and oxygen atoms in total. The van der Waals surface area contributed by atoms with Crippen LogP contribution in [0.1, 0.15) is 15.9 Å². The van der Waals surface area contributed by atoms with Gasteiger partial charge in [-0.15, -0.1) is 0 Å². The summed E-state index contributed by atoms with van der Waals surface area (Å²) in [7, 11) is 3.09. The molecule has 0 amide bonds. The van der Waals surface area contributed by atoms with Crippen molar-refractivity contribution in [1.82, 2.24) is 0 Å². The molecule has 0 saturated carbocycles. The molecule has 5 heteroatoms. The summed E-state index contributed by atoms with van der Waals surface area (Å²) in [5, 5.41) is 0. The summed E-state index contributed by atoms with van der Waals surface area (Å²) in [5.41, 5.74) is 1.63. The average molecular weight is 365 g/mol. The Morgan fingerprint density at radius 1 is 1.00 bits per heavy atom. The van der Waals surface area contributed by atoms with Crippen LogP contribution in [0.2, 0.25) is 0 Å². The first-order valence-electron chi connectivity index (χ1n) is 6.69. The van der Waals surface area contributed by atoms with Gasteiger partial charge in [0.1, 0.15) is 5.75 Å². The van der Waals surface area contributed by atoms with Crippen molar-refractivity contribution in [3.05, 3.63) is 52.0 Å². The van der Waals surface area contributed by atoms with Gasteiger partial charge in [0.25, 0.3) is 0 Å². The molecule has 0 aliphatic carbocycles. The molecule has 0 N–H and O–H groups in total. The highest BCUT2D eigenvalue weighted by atomic mass is 79.9. The van der Waals surface area contributed by atoms with E-state index in [4.69, 9.17) is 14.2 Å². The first kappa shape index (κ1) is 16.4. The number of halogens is 1. The van der Waals surface area contributed by atoms with Crippen LogP contribution in [0, 0.1) is 6.92 Å². The summed E-state index contributed by atoms with van der Waals surface area (Å²) in [4.78, 5) is 12.2. The van der Waals surface area contributed by atoms with Crippen molar-refractivity contribution < 1.29 is 19.0 Å². The van der Waals surface area contributed by atoms with Crippen molar-refractivity contribution >= 4 is 21.7 Å². The third-order valence-corrected chi connectivity index (χ3v) is 3.77. The molecule has 0 saturated heterocycles. The van der Waals surface area contributed by atoms with Crippen LogP contribution in [0.4, 0.5) is 0 Å². The van der Waals surface area contributed by atoms with Crippen molar-refractivity contribution in [2.75, 3.05) is 20.8 Å². The summed E-state index contributed by atoms with van der Waals surface area (Å²) in [6, 6.07) is 10.7. The highest BCUT2D eigenvalue weighted by Crippen LogP contribution is 2.28. The molecule has 116 valence electrons. The van der Waals surface area contributed by atoms with Gasteiger partial charge in [-0.1, -0.05) is 6.07 Å². The number of benzene rings is 2. The fraction of sp³-hybridized carbons (Fsp3) is 0.235. The first-order valence-corrected chi connectivity index (χ1v) is 7.48. The molecular weight excluding hydrogens is 348 g/mol. The van der Waals surface area contributed by atoms with Gasteiger partial charge in [0.2, 0.25) is 0 Å². The Bertz CT molecular complexity index is 682. The molecule has 0 bridgehead atoms. The minimum Gasteiger partial charge on any atom is -0.493 e. The van der Waals surface area contributed by atoms with E-state index < -0.39 is 0 Å². The molecule has 2 rings (SSSR count). The predicted octanol–water partition coefficient (Wildman–Crippen LogP) is 4.04. The normalized spacial score (nSPS) is 10.2. The monoisotopic (exact) mass is 364 g/mol. The Labute approximate surface area is 138 Å². The molecular formula is C17H17BrO4. The zero-order valence-corrected chi connectivity index (χ0v) is 14.3. The third kappa shape index (κ3) is 3.80. The SMILES string of the molecule is COc1ccc(C(=O)COc2ccc(C)cc2Br)cc1OC. The maximum Gasteiger partial charge on any atom is 0.200 e. The fourth-order valence-corrected chi connectivity index (χ4v) is 2.57. The lowest BCUT2D eigenvalue weighted by Crippen LogP contribution is -2.12. The molecule has 0 radical (unpaired) electrons. The summed E-state index contributed by atoms with van der Waals surface area (Å²) in [6.45, 7) is 1.94. The number of hydrogen-bond donors (Lipinski definition) is 0.